The number of rotatable bonds is 2. The van der Waals surface area contributed by atoms with Gasteiger partial charge in [0, 0.05) is 18.7 Å². The molecule has 3 aromatic rings. The molecule has 0 aliphatic carbocycles. The molecule has 1 aliphatic heterocycles. The number of nitrogens with zero attached hydrogens (tertiary/aromatic N) is 3. The second kappa shape index (κ2) is 5.35. The van der Waals surface area contributed by atoms with Crippen LogP contribution in [0.25, 0.3) is 11.0 Å². The smallest absolute Gasteiger partial charge is 0.237 e. The maximum atomic E-state index is 12.8. The Kier molecular flexibility index (Phi) is 3.19. The van der Waals surface area contributed by atoms with Crippen molar-refractivity contribution >= 4 is 28.5 Å². The monoisotopic (exact) mass is 305 g/mol. The van der Waals surface area contributed by atoms with E-state index in [-0.39, 0.29) is 24.2 Å². The van der Waals surface area contributed by atoms with Crippen LogP contribution in [0.15, 0.2) is 60.9 Å². The van der Waals surface area contributed by atoms with Crippen LogP contribution in [0.1, 0.15) is 11.2 Å². The lowest BCUT2D eigenvalue weighted by atomic mass is 10.1. The Bertz CT molecular complexity index is 885. The van der Waals surface area contributed by atoms with E-state index in [4.69, 9.17) is 0 Å². The van der Waals surface area contributed by atoms with Gasteiger partial charge in [-0.1, -0.05) is 30.3 Å². The molecule has 0 saturated carbocycles. The predicted octanol–water partition coefficient (Wildman–Crippen LogP) is 2.73. The van der Waals surface area contributed by atoms with Crippen LogP contribution in [0.4, 0.5) is 5.69 Å². The van der Waals surface area contributed by atoms with E-state index in [1.54, 1.807) is 15.8 Å². The fraction of sp³-hybridized carbons (Fsp3) is 0.167. The third-order valence-corrected chi connectivity index (χ3v) is 4.23. The molecule has 0 N–H and O–H groups in total. The predicted molar refractivity (Wildman–Crippen MR) is 87.3 cm³/mol. The fourth-order valence-electron chi connectivity index (χ4n) is 3.06. The SMILES string of the molecule is O=C1CC(C(=O)n2cnc3ccccc32)CN1c1ccccc1. The molecule has 0 radical (unpaired) electrons. The molecule has 5 heteroatoms. The van der Waals surface area contributed by atoms with Gasteiger partial charge in [0.2, 0.25) is 11.8 Å². The van der Waals surface area contributed by atoms with E-state index in [1.807, 2.05) is 54.6 Å². The Morgan fingerprint density at radius 3 is 2.61 bits per heavy atom. The number of hydrogen-bond donors (Lipinski definition) is 0. The highest BCUT2D eigenvalue weighted by Crippen LogP contribution is 2.26. The van der Waals surface area contributed by atoms with Gasteiger partial charge in [0.05, 0.1) is 17.0 Å². The quantitative estimate of drug-likeness (QED) is 0.731. The van der Waals surface area contributed by atoms with Crippen LogP contribution in [-0.4, -0.2) is 27.9 Å². The normalized spacial score (nSPS) is 17.8. The van der Waals surface area contributed by atoms with Gasteiger partial charge >= 0.3 is 0 Å². The molecule has 1 amide bonds. The van der Waals surface area contributed by atoms with E-state index in [2.05, 4.69) is 4.98 Å². The van der Waals surface area contributed by atoms with Crippen LogP contribution < -0.4 is 4.90 Å². The van der Waals surface area contributed by atoms with Crippen molar-refractivity contribution < 1.29 is 9.59 Å². The van der Waals surface area contributed by atoms with Crippen LogP contribution in [0.3, 0.4) is 0 Å². The lowest BCUT2D eigenvalue weighted by molar-refractivity contribution is -0.117. The van der Waals surface area contributed by atoms with Crippen molar-refractivity contribution in [1.29, 1.82) is 0 Å². The summed E-state index contributed by atoms with van der Waals surface area (Å²) < 4.78 is 1.56. The number of anilines is 1. The topological polar surface area (TPSA) is 55.2 Å². The minimum absolute atomic E-state index is 0.0148. The van der Waals surface area contributed by atoms with Gasteiger partial charge in [-0.25, -0.2) is 4.98 Å². The first-order valence-electron chi connectivity index (χ1n) is 7.56. The fourth-order valence-corrected chi connectivity index (χ4v) is 3.06. The molecule has 5 nitrogen and oxygen atoms in total. The van der Waals surface area contributed by atoms with E-state index in [1.165, 1.54) is 0 Å². The minimum atomic E-state index is -0.347. The van der Waals surface area contributed by atoms with Crippen LogP contribution in [0.2, 0.25) is 0 Å². The second-order valence-electron chi connectivity index (χ2n) is 5.68. The molecule has 1 unspecified atom stereocenters. The van der Waals surface area contributed by atoms with Crippen molar-refractivity contribution in [2.75, 3.05) is 11.4 Å². The average Bonchev–Trinajstić information content (AvgIpc) is 3.19. The standard InChI is InChI=1S/C18H15N3O2/c22-17-10-13(11-20(17)14-6-2-1-3-7-14)18(23)21-12-19-15-8-4-5-9-16(15)21/h1-9,12-13H,10-11H2. The van der Waals surface area contributed by atoms with Crippen molar-refractivity contribution in [3.05, 3.63) is 60.9 Å². The molecular formula is C18H15N3O2. The number of carbonyl (C=O) groups is 2. The van der Waals surface area contributed by atoms with Crippen molar-refractivity contribution in [2.24, 2.45) is 5.92 Å². The number of fused-ring (bicyclic) bond motifs is 1. The molecule has 23 heavy (non-hydrogen) atoms. The number of carbonyl (C=O) groups excluding carboxylic acids is 2. The number of amides is 1. The van der Waals surface area contributed by atoms with Gasteiger partial charge in [-0.05, 0) is 24.3 Å². The molecule has 1 aliphatic rings. The molecule has 1 saturated heterocycles. The Balaban J connectivity index is 1.62. The van der Waals surface area contributed by atoms with Crippen LogP contribution in [0.5, 0.6) is 0 Å². The Labute approximate surface area is 133 Å². The first-order chi connectivity index (χ1) is 11.2. The summed E-state index contributed by atoms with van der Waals surface area (Å²) in [5.41, 5.74) is 2.40. The Hall–Kier alpha value is -2.95. The first-order valence-corrected chi connectivity index (χ1v) is 7.56. The highest BCUT2D eigenvalue weighted by molar-refractivity contribution is 6.02. The van der Waals surface area contributed by atoms with Gasteiger partial charge in [0.1, 0.15) is 6.33 Å². The van der Waals surface area contributed by atoms with Crippen molar-refractivity contribution in [2.45, 2.75) is 6.42 Å². The molecule has 2 heterocycles. The molecule has 2 aromatic carbocycles. The first kappa shape index (κ1) is 13.7. The van der Waals surface area contributed by atoms with Crippen LogP contribution in [0, 0.1) is 5.92 Å². The van der Waals surface area contributed by atoms with Crippen molar-refractivity contribution in [3.63, 3.8) is 0 Å². The zero-order valence-corrected chi connectivity index (χ0v) is 12.4. The summed E-state index contributed by atoms with van der Waals surface area (Å²) in [5.74, 6) is -0.440. The number of imidazole rings is 1. The largest absolute Gasteiger partial charge is 0.312 e. The molecule has 4 rings (SSSR count). The van der Waals surface area contributed by atoms with Crippen LogP contribution in [-0.2, 0) is 4.79 Å². The van der Waals surface area contributed by atoms with Crippen molar-refractivity contribution in [3.8, 4) is 0 Å². The molecule has 1 atom stereocenters. The number of hydrogen-bond acceptors (Lipinski definition) is 3. The summed E-state index contributed by atoms with van der Waals surface area (Å²) in [7, 11) is 0. The summed E-state index contributed by atoms with van der Waals surface area (Å²) >= 11 is 0. The highest BCUT2D eigenvalue weighted by atomic mass is 16.2. The maximum absolute atomic E-state index is 12.8. The average molecular weight is 305 g/mol. The Morgan fingerprint density at radius 2 is 1.78 bits per heavy atom. The number of aromatic nitrogens is 2. The van der Waals surface area contributed by atoms with Gasteiger partial charge in [0.25, 0.3) is 0 Å². The highest BCUT2D eigenvalue weighted by Gasteiger charge is 2.36. The summed E-state index contributed by atoms with van der Waals surface area (Å²) in [5, 5.41) is 0. The van der Waals surface area contributed by atoms with E-state index >= 15 is 0 Å². The summed E-state index contributed by atoms with van der Waals surface area (Å²) in [6, 6.07) is 17.0. The summed E-state index contributed by atoms with van der Waals surface area (Å²) in [6.45, 7) is 0.411. The minimum Gasteiger partial charge on any atom is -0.312 e. The molecule has 0 spiro atoms. The Morgan fingerprint density at radius 1 is 1.04 bits per heavy atom. The van der Waals surface area contributed by atoms with E-state index in [0.29, 0.717) is 6.54 Å². The van der Waals surface area contributed by atoms with Gasteiger partial charge in [-0.2, -0.15) is 0 Å². The third-order valence-electron chi connectivity index (χ3n) is 4.23. The molecule has 114 valence electrons. The molecular weight excluding hydrogens is 290 g/mol. The lowest BCUT2D eigenvalue weighted by Crippen LogP contribution is -2.27. The maximum Gasteiger partial charge on any atom is 0.237 e. The summed E-state index contributed by atoms with van der Waals surface area (Å²) in [4.78, 5) is 31.0. The van der Waals surface area contributed by atoms with Gasteiger partial charge in [-0.15, -0.1) is 0 Å². The molecule has 1 aromatic heterocycles. The third kappa shape index (κ3) is 2.30. The van der Waals surface area contributed by atoms with Gasteiger partial charge < -0.3 is 4.90 Å². The van der Waals surface area contributed by atoms with E-state index < -0.39 is 0 Å². The van der Waals surface area contributed by atoms with Gasteiger partial charge in [-0.3, -0.25) is 14.2 Å². The second-order valence-corrected chi connectivity index (χ2v) is 5.68. The summed E-state index contributed by atoms with van der Waals surface area (Å²) in [6.07, 6.45) is 1.78. The number of benzene rings is 2. The molecule has 0 bridgehead atoms. The zero-order valence-electron chi connectivity index (χ0n) is 12.4. The van der Waals surface area contributed by atoms with Gasteiger partial charge in [0.15, 0.2) is 0 Å². The van der Waals surface area contributed by atoms with E-state index in [0.717, 1.165) is 16.7 Å². The van der Waals surface area contributed by atoms with E-state index in [9.17, 15) is 9.59 Å². The molecule has 1 fully saturated rings. The van der Waals surface area contributed by atoms with Crippen molar-refractivity contribution in [1.82, 2.24) is 9.55 Å². The number of para-hydroxylation sites is 3. The van der Waals surface area contributed by atoms with Crippen LogP contribution >= 0.6 is 0 Å². The lowest BCUT2D eigenvalue weighted by Gasteiger charge is -2.16. The zero-order chi connectivity index (χ0) is 15.8.